The molecule has 2 rings (SSSR count). The molecule has 1 N–H and O–H groups in total. The SMILES string of the molecule is CCOC(=O)Cc1csc(NC(=O)C=C(C)c2ccccc2OC)n1. The number of nitrogens with one attached hydrogen (secondary N) is 1. The number of benzene rings is 1. The number of rotatable bonds is 7. The van der Waals surface area contributed by atoms with Crippen LogP contribution in [0.2, 0.25) is 0 Å². The third kappa shape index (κ3) is 5.42. The summed E-state index contributed by atoms with van der Waals surface area (Å²) in [5, 5.41) is 4.87. The highest BCUT2D eigenvalue weighted by Crippen LogP contribution is 2.25. The van der Waals surface area contributed by atoms with E-state index >= 15 is 0 Å². The molecule has 0 radical (unpaired) electrons. The Labute approximate surface area is 150 Å². The molecule has 25 heavy (non-hydrogen) atoms. The van der Waals surface area contributed by atoms with Crippen LogP contribution in [0.15, 0.2) is 35.7 Å². The van der Waals surface area contributed by atoms with Gasteiger partial charge in [0.15, 0.2) is 5.13 Å². The zero-order valence-electron chi connectivity index (χ0n) is 14.4. The van der Waals surface area contributed by atoms with Crippen LogP contribution in [0.1, 0.15) is 25.1 Å². The van der Waals surface area contributed by atoms with Gasteiger partial charge in [0.2, 0.25) is 5.91 Å². The Kier molecular flexibility index (Phi) is 6.71. The first-order valence-electron chi connectivity index (χ1n) is 7.76. The van der Waals surface area contributed by atoms with E-state index in [1.54, 1.807) is 19.4 Å². The van der Waals surface area contributed by atoms with Gasteiger partial charge in [-0.25, -0.2) is 4.98 Å². The number of carbonyl (C=O) groups excluding carboxylic acids is 2. The van der Waals surface area contributed by atoms with E-state index in [1.807, 2.05) is 31.2 Å². The second-order valence-corrected chi connectivity index (χ2v) is 6.00. The van der Waals surface area contributed by atoms with Crippen molar-refractivity contribution in [2.24, 2.45) is 0 Å². The summed E-state index contributed by atoms with van der Waals surface area (Å²) in [4.78, 5) is 27.8. The first-order chi connectivity index (χ1) is 12.0. The molecule has 0 aliphatic rings. The van der Waals surface area contributed by atoms with Gasteiger partial charge in [-0.15, -0.1) is 11.3 Å². The maximum Gasteiger partial charge on any atom is 0.311 e. The first kappa shape index (κ1) is 18.7. The lowest BCUT2D eigenvalue weighted by molar-refractivity contribution is -0.142. The summed E-state index contributed by atoms with van der Waals surface area (Å²) < 4.78 is 10.2. The number of anilines is 1. The fourth-order valence-corrected chi connectivity index (χ4v) is 2.90. The Bertz CT molecular complexity index is 783. The molecule has 0 saturated heterocycles. The largest absolute Gasteiger partial charge is 0.496 e. The van der Waals surface area contributed by atoms with E-state index in [4.69, 9.17) is 9.47 Å². The Balaban J connectivity index is 2.02. The van der Waals surface area contributed by atoms with E-state index in [9.17, 15) is 9.59 Å². The van der Waals surface area contributed by atoms with Crippen molar-refractivity contribution in [3.05, 3.63) is 47.0 Å². The number of hydrogen-bond acceptors (Lipinski definition) is 6. The molecule has 7 heteroatoms. The van der Waals surface area contributed by atoms with Crippen LogP contribution in [-0.4, -0.2) is 30.6 Å². The number of ether oxygens (including phenoxy) is 2. The van der Waals surface area contributed by atoms with Crippen molar-refractivity contribution < 1.29 is 19.1 Å². The molecule has 0 fully saturated rings. The molecule has 1 amide bonds. The third-order valence-electron chi connectivity index (χ3n) is 3.29. The molecule has 0 unspecified atom stereocenters. The number of allylic oxidation sites excluding steroid dienone is 1. The molecular formula is C18H20N2O4S. The second-order valence-electron chi connectivity index (χ2n) is 5.14. The van der Waals surface area contributed by atoms with Crippen LogP contribution in [0.25, 0.3) is 5.57 Å². The van der Waals surface area contributed by atoms with Crippen LogP contribution in [-0.2, 0) is 20.7 Å². The summed E-state index contributed by atoms with van der Waals surface area (Å²) in [5.74, 6) is 0.0769. The minimum atomic E-state index is -0.336. The van der Waals surface area contributed by atoms with E-state index in [1.165, 1.54) is 17.4 Å². The number of aromatic nitrogens is 1. The Morgan fingerprint density at radius 3 is 2.80 bits per heavy atom. The fraction of sp³-hybridized carbons (Fsp3) is 0.278. The molecule has 6 nitrogen and oxygen atoms in total. The zero-order chi connectivity index (χ0) is 18.2. The van der Waals surface area contributed by atoms with Crippen molar-refractivity contribution in [3.63, 3.8) is 0 Å². The molecule has 1 aromatic carbocycles. The number of methoxy groups -OCH3 is 1. The Morgan fingerprint density at radius 1 is 1.32 bits per heavy atom. The maximum atomic E-state index is 12.2. The van der Waals surface area contributed by atoms with Crippen molar-refractivity contribution in [1.29, 1.82) is 0 Å². The number of hydrogen-bond donors (Lipinski definition) is 1. The fourth-order valence-electron chi connectivity index (χ4n) is 2.19. The molecule has 2 aromatic rings. The average Bonchev–Trinajstić information content (AvgIpc) is 3.01. The monoisotopic (exact) mass is 360 g/mol. The number of carbonyl (C=O) groups is 2. The highest BCUT2D eigenvalue weighted by atomic mass is 32.1. The molecular weight excluding hydrogens is 340 g/mol. The maximum absolute atomic E-state index is 12.2. The van der Waals surface area contributed by atoms with Crippen LogP contribution in [0.4, 0.5) is 5.13 Å². The third-order valence-corrected chi connectivity index (χ3v) is 4.10. The van der Waals surface area contributed by atoms with Crippen LogP contribution in [0.5, 0.6) is 5.75 Å². The lowest BCUT2D eigenvalue weighted by Crippen LogP contribution is -2.10. The molecule has 132 valence electrons. The molecule has 0 bridgehead atoms. The number of esters is 1. The predicted molar refractivity (Wildman–Crippen MR) is 97.7 cm³/mol. The van der Waals surface area contributed by atoms with Gasteiger partial charge in [-0.05, 0) is 25.5 Å². The highest BCUT2D eigenvalue weighted by Gasteiger charge is 2.11. The van der Waals surface area contributed by atoms with Crippen molar-refractivity contribution in [1.82, 2.24) is 4.98 Å². The van der Waals surface area contributed by atoms with Crippen LogP contribution in [0, 0.1) is 0 Å². The van der Waals surface area contributed by atoms with Crippen LogP contribution >= 0.6 is 11.3 Å². The number of para-hydroxylation sites is 1. The van der Waals surface area contributed by atoms with E-state index in [0.29, 0.717) is 23.2 Å². The Hall–Kier alpha value is -2.67. The molecule has 0 atom stereocenters. The highest BCUT2D eigenvalue weighted by molar-refractivity contribution is 7.14. The summed E-state index contributed by atoms with van der Waals surface area (Å²) in [6.07, 6.45) is 1.58. The van der Waals surface area contributed by atoms with Gasteiger partial charge in [0.1, 0.15) is 5.75 Å². The summed E-state index contributed by atoms with van der Waals surface area (Å²) >= 11 is 1.26. The summed E-state index contributed by atoms with van der Waals surface area (Å²) in [5.41, 5.74) is 2.20. The number of thiazole rings is 1. The first-order valence-corrected chi connectivity index (χ1v) is 8.64. The van der Waals surface area contributed by atoms with Crippen LogP contribution in [0.3, 0.4) is 0 Å². The number of nitrogens with zero attached hydrogens (tertiary/aromatic N) is 1. The zero-order valence-corrected chi connectivity index (χ0v) is 15.2. The summed E-state index contributed by atoms with van der Waals surface area (Å²) in [6.45, 7) is 3.92. The summed E-state index contributed by atoms with van der Waals surface area (Å²) in [7, 11) is 1.59. The lowest BCUT2D eigenvalue weighted by atomic mass is 10.1. The average molecular weight is 360 g/mol. The normalized spacial score (nSPS) is 11.1. The molecule has 1 heterocycles. The molecule has 1 aromatic heterocycles. The van der Waals surface area contributed by atoms with Crippen molar-refractivity contribution in [2.75, 3.05) is 19.0 Å². The Morgan fingerprint density at radius 2 is 2.08 bits per heavy atom. The van der Waals surface area contributed by atoms with Gasteiger partial charge in [-0.2, -0.15) is 0 Å². The van der Waals surface area contributed by atoms with E-state index in [-0.39, 0.29) is 18.3 Å². The molecule has 0 saturated carbocycles. The van der Waals surface area contributed by atoms with Gasteiger partial charge in [0, 0.05) is 17.0 Å². The predicted octanol–water partition coefficient (Wildman–Crippen LogP) is 3.30. The van der Waals surface area contributed by atoms with Crippen molar-refractivity contribution >= 4 is 33.9 Å². The number of amides is 1. The standard InChI is InChI=1S/C18H20N2O4S/c1-4-24-17(22)10-13-11-25-18(19-13)20-16(21)9-12(2)14-7-5-6-8-15(14)23-3/h5-9,11H,4,10H2,1-3H3,(H,19,20,21). The molecule has 0 aliphatic carbocycles. The van der Waals surface area contributed by atoms with E-state index in [0.717, 1.165) is 11.1 Å². The summed E-state index contributed by atoms with van der Waals surface area (Å²) in [6, 6.07) is 7.48. The van der Waals surface area contributed by atoms with Gasteiger partial charge >= 0.3 is 5.97 Å². The minimum Gasteiger partial charge on any atom is -0.496 e. The van der Waals surface area contributed by atoms with Gasteiger partial charge in [0.25, 0.3) is 0 Å². The quantitative estimate of drug-likeness (QED) is 0.605. The lowest BCUT2D eigenvalue weighted by Gasteiger charge is -2.08. The van der Waals surface area contributed by atoms with E-state index < -0.39 is 0 Å². The van der Waals surface area contributed by atoms with Crippen molar-refractivity contribution in [3.8, 4) is 5.75 Å². The second kappa shape index (κ2) is 8.98. The van der Waals surface area contributed by atoms with Crippen LogP contribution < -0.4 is 10.1 Å². The smallest absolute Gasteiger partial charge is 0.311 e. The van der Waals surface area contributed by atoms with Gasteiger partial charge in [-0.1, -0.05) is 18.2 Å². The van der Waals surface area contributed by atoms with Crippen molar-refractivity contribution in [2.45, 2.75) is 20.3 Å². The van der Waals surface area contributed by atoms with Gasteiger partial charge < -0.3 is 9.47 Å². The van der Waals surface area contributed by atoms with Gasteiger partial charge in [0.05, 0.1) is 25.8 Å². The minimum absolute atomic E-state index is 0.0935. The topological polar surface area (TPSA) is 77.5 Å². The molecule has 0 aliphatic heterocycles. The van der Waals surface area contributed by atoms with E-state index in [2.05, 4.69) is 10.3 Å². The van der Waals surface area contributed by atoms with Gasteiger partial charge in [-0.3, -0.25) is 14.9 Å². The molecule has 0 spiro atoms.